The molecule has 3 rings (SSSR count). The second-order valence-electron chi connectivity index (χ2n) is 6.39. The maximum atomic E-state index is 12.3. The lowest BCUT2D eigenvalue weighted by Gasteiger charge is -2.19. The molecule has 0 bridgehead atoms. The van der Waals surface area contributed by atoms with Crippen molar-refractivity contribution >= 4 is 5.97 Å². The van der Waals surface area contributed by atoms with Gasteiger partial charge in [-0.1, -0.05) is 0 Å². The summed E-state index contributed by atoms with van der Waals surface area (Å²) >= 11 is 0. The molecule has 1 N–H and O–H groups in total. The molecule has 5 nitrogen and oxygen atoms in total. The molecule has 0 amide bonds. The number of hydrogen-bond donors (Lipinski definition) is 1. The largest absolute Gasteiger partial charge is 0.455 e. The van der Waals surface area contributed by atoms with E-state index >= 15 is 0 Å². The summed E-state index contributed by atoms with van der Waals surface area (Å²) in [4.78, 5) is 12.3. The number of carbonyl (C=O) groups excluding carboxylic acids is 1. The zero-order chi connectivity index (χ0) is 13.6. The minimum absolute atomic E-state index is 0.281. The summed E-state index contributed by atoms with van der Waals surface area (Å²) in [5.41, 5.74) is 2.37. The van der Waals surface area contributed by atoms with Gasteiger partial charge in [0.15, 0.2) is 5.69 Å². The Labute approximate surface area is 113 Å². The number of carbonyl (C=O) groups is 1. The van der Waals surface area contributed by atoms with Crippen LogP contribution in [0, 0.1) is 0 Å². The summed E-state index contributed by atoms with van der Waals surface area (Å²) in [7, 11) is 0. The van der Waals surface area contributed by atoms with E-state index in [9.17, 15) is 4.79 Å². The number of nitrogens with one attached hydrogen (secondary N) is 1. The lowest BCUT2D eigenvalue weighted by Crippen LogP contribution is -2.28. The molecular weight excluding hydrogens is 242 g/mol. The number of nitrogens with zero attached hydrogens (tertiary/aromatic N) is 2. The van der Waals surface area contributed by atoms with Gasteiger partial charge in [-0.15, -0.1) is 0 Å². The number of fused-ring (bicyclic) bond motifs is 1. The summed E-state index contributed by atoms with van der Waals surface area (Å²) in [6.45, 7) is 8.21. The molecule has 1 aromatic rings. The van der Waals surface area contributed by atoms with Gasteiger partial charge in [-0.2, -0.15) is 5.10 Å². The average Bonchev–Trinajstić information content (AvgIpc) is 3.07. The summed E-state index contributed by atoms with van der Waals surface area (Å²) < 4.78 is 7.46. The summed E-state index contributed by atoms with van der Waals surface area (Å²) in [6.07, 6.45) is 2.32. The molecule has 0 atom stereocenters. The van der Waals surface area contributed by atoms with Gasteiger partial charge < -0.3 is 10.1 Å². The molecule has 2 aliphatic rings. The topological polar surface area (TPSA) is 56.1 Å². The van der Waals surface area contributed by atoms with Crippen LogP contribution in [0.25, 0.3) is 0 Å². The van der Waals surface area contributed by atoms with E-state index in [0.717, 1.165) is 38.0 Å². The van der Waals surface area contributed by atoms with E-state index < -0.39 is 5.60 Å². The molecule has 0 aromatic carbocycles. The van der Waals surface area contributed by atoms with Gasteiger partial charge in [-0.3, -0.25) is 4.68 Å². The van der Waals surface area contributed by atoms with Crippen LogP contribution in [0.15, 0.2) is 0 Å². The highest BCUT2D eigenvalue weighted by Gasteiger charge is 2.36. The average molecular weight is 263 g/mol. The van der Waals surface area contributed by atoms with Crippen LogP contribution in [-0.2, 0) is 17.8 Å². The van der Waals surface area contributed by atoms with Crippen molar-refractivity contribution in [2.24, 2.45) is 0 Å². The SMILES string of the molecule is CC(C)(C)OC(=O)c1nn2c(c1C1CC1)CNCC2. The van der Waals surface area contributed by atoms with E-state index in [1.165, 1.54) is 5.69 Å². The molecule has 2 heterocycles. The highest BCUT2D eigenvalue weighted by atomic mass is 16.6. The smallest absolute Gasteiger partial charge is 0.359 e. The fourth-order valence-corrected chi connectivity index (χ4v) is 2.55. The molecule has 1 aliphatic carbocycles. The van der Waals surface area contributed by atoms with Gasteiger partial charge in [0.25, 0.3) is 0 Å². The van der Waals surface area contributed by atoms with Crippen LogP contribution in [0.5, 0.6) is 0 Å². The van der Waals surface area contributed by atoms with Crippen LogP contribution < -0.4 is 5.32 Å². The van der Waals surface area contributed by atoms with Crippen LogP contribution >= 0.6 is 0 Å². The molecule has 0 unspecified atom stereocenters. The highest BCUT2D eigenvalue weighted by molar-refractivity contribution is 5.90. The van der Waals surface area contributed by atoms with E-state index in [1.54, 1.807) is 0 Å². The lowest BCUT2D eigenvalue weighted by molar-refractivity contribution is 0.00607. The van der Waals surface area contributed by atoms with E-state index in [2.05, 4.69) is 10.4 Å². The third kappa shape index (κ3) is 2.52. The van der Waals surface area contributed by atoms with E-state index in [4.69, 9.17) is 4.74 Å². The molecule has 1 saturated carbocycles. The molecule has 1 aliphatic heterocycles. The number of aromatic nitrogens is 2. The van der Waals surface area contributed by atoms with Gasteiger partial charge in [0.05, 0.1) is 12.2 Å². The molecule has 19 heavy (non-hydrogen) atoms. The maximum Gasteiger partial charge on any atom is 0.359 e. The predicted octanol–water partition coefficient (Wildman–Crippen LogP) is 1.82. The molecule has 1 fully saturated rings. The van der Waals surface area contributed by atoms with Crippen molar-refractivity contribution in [3.8, 4) is 0 Å². The first-order valence-electron chi connectivity index (χ1n) is 6.99. The Morgan fingerprint density at radius 3 is 2.79 bits per heavy atom. The van der Waals surface area contributed by atoms with Gasteiger partial charge in [-0.05, 0) is 39.5 Å². The first-order valence-corrected chi connectivity index (χ1v) is 6.99. The van der Waals surface area contributed by atoms with Crippen LogP contribution in [0.1, 0.15) is 61.3 Å². The molecule has 104 valence electrons. The molecule has 5 heteroatoms. The Hall–Kier alpha value is -1.36. The van der Waals surface area contributed by atoms with E-state index in [-0.39, 0.29) is 5.97 Å². The van der Waals surface area contributed by atoms with Crippen LogP contribution in [0.2, 0.25) is 0 Å². The summed E-state index contributed by atoms with van der Waals surface area (Å²) in [6, 6.07) is 0. The van der Waals surface area contributed by atoms with Crippen LogP contribution in [-0.4, -0.2) is 27.9 Å². The number of rotatable bonds is 2. The van der Waals surface area contributed by atoms with Gasteiger partial charge in [-0.25, -0.2) is 4.79 Å². The third-order valence-corrected chi connectivity index (χ3v) is 3.47. The Balaban J connectivity index is 1.96. The van der Waals surface area contributed by atoms with Crippen molar-refractivity contribution < 1.29 is 9.53 Å². The minimum atomic E-state index is -0.472. The molecule has 1 aromatic heterocycles. The number of esters is 1. The van der Waals surface area contributed by atoms with Crippen molar-refractivity contribution in [2.75, 3.05) is 6.54 Å². The molecular formula is C14H21N3O2. The van der Waals surface area contributed by atoms with Crippen LogP contribution in [0.3, 0.4) is 0 Å². The summed E-state index contributed by atoms with van der Waals surface area (Å²) in [5.74, 6) is 0.225. The Kier molecular flexibility index (Phi) is 2.89. The van der Waals surface area contributed by atoms with Crippen molar-refractivity contribution in [1.82, 2.24) is 15.1 Å². The first-order chi connectivity index (χ1) is 8.96. The normalized spacial score (nSPS) is 19.1. The molecule has 0 saturated heterocycles. The zero-order valence-corrected chi connectivity index (χ0v) is 11.8. The van der Waals surface area contributed by atoms with E-state index in [1.807, 2.05) is 25.5 Å². The predicted molar refractivity (Wildman–Crippen MR) is 71.1 cm³/mol. The zero-order valence-electron chi connectivity index (χ0n) is 11.8. The quantitative estimate of drug-likeness (QED) is 0.827. The van der Waals surface area contributed by atoms with Gasteiger partial charge in [0.2, 0.25) is 0 Å². The van der Waals surface area contributed by atoms with Crippen molar-refractivity contribution in [3.63, 3.8) is 0 Å². The van der Waals surface area contributed by atoms with Crippen molar-refractivity contribution in [2.45, 2.75) is 58.2 Å². The third-order valence-electron chi connectivity index (χ3n) is 3.47. The van der Waals surface area contributed by atoms with E-state index in [0.29, 0.717) is 11.6 Å². The van der Waals surface area contributed by atoms with Crippen LogP contribution in [0.4, 0.5) is 0 Å². The highest BCUT2D eigenvalue weighted by Crippen LogP contribution is 2.44. The van der Waals surface area contributed by atoms with Gasteiger partial charge >= 0.3 is 5.97 Å². The molecule has 0 radical (unpaired) electrons. The first kappa shape index (κ1) is 12.7. The second-order valence-corrected chi connectivity index (χ2v) is 6.39. The van der Waals surface area contributed by atoms with Gasteiger partial charge in [0, 0.05) is 18.7 Å². The lowest BCUT2D eigenvalue weighted by atomic mass is 10.1. The fraction of sp³-hybridized carbons (Fsp3) is 0.714. The summed E-state index contributed by atoms with van der Waals surface area (Å²) in [5, 5.41) is 7.85. The van der Waals surface area contributed by atoms with Crippen molar-refractivity contribution in [1.29, 1.82) is 0 Å². The Bertz CT molecular complexity index is 509. The Morgan fingerprint density at radius 2 is 2.16 bits per heavy atom. The van der Waals surface area contributed by atoms with Crippen molar-refractivity contribution in [3.05, 3.63) is 17.0 Å². The second kappa shape index (κ2) is 4.34. The van der Waals surface area contributed by atoms with Gasteiger partial charge in [0.1, 0.15) is 5.60 Å². The minimum Gasteiger partial charge on any atom is -0.455 e. The maximum absolute atomic E-state index is 12.3. The fourth-order valence-electron chi connectivity index (χ4n) is 2.55. The number of hydrogen-bond acceptors (Lipinski definition) is 4. The number of ether oxygens (including phenoxy) is 1. The Morgan fingerprint density at radius 1 is 1.42 bits per heavy atom. The monoisotopic (exact) mass is 263 g/mol. The molecule has 0 spiro atoms. The standard InChI is InChI=1S/C14H21N3O2/c1-14(2,3)19-13(18)12-11(9-4-5-9)10-8-15-6-7-17(10)16-12/h9,15H,4-8H2,1-3H3.